The van der Waals surface area contributed by atoms with Gasteiger partial charge in [0.05, 0.1) is 5.56 Å². The molecular weight excluding hydrogens is 258 g/mol. The number of carboxylic acid groups (broad SMARTS) is 1. The molecule has 0 bridgehead atoms. The molecule has 4 heteroatoms. The summed E-state index contributed by atoms with van der Waals surface area (Å²) in [7, 11) is 0. The molecule has 1 aliphatic rings. The summed E-state index contributed by atoms with van der Waals surface area (Å²) in [6.07, 6.45) is 3.84. The number of piperidine rings is 1. The Morgan fingerprint density at radius 2 is 2.05 bits per heavy atom. The van der Waals surface area contributed by atoms with Crippen molar-refractivity contribution in [3.63, 3.8) is 0 Å². The smallest absolute Gasteiger partial charge is 0.336 e. The van der Waals surface area contributed by atoms with Crippen LogP contribution in [-0.4, -0.2) is 29.1 Å². The van der Waals surface area contributed by atoms with Crippen LogP contribution in [0.2, 0.25) is 0 Å². The standard InChI is InChI=1S/C15H17NO2S/c17-15(18)12-5-4-6-13-14(12)11(10-19-13)9-16-7-2-1-3-8-16/h4-6,10H,1-3,7-9H2,(H,17,18). The van der Waals surface area contributed by atoms with Crippen molar-refractivity contribution in [2.45, 2.75) is 25.8 Å². The first-order valence-corrected chi connectivity index (χ1v) is 7.58. The number of carbonyl (C=O) groups is 1. The lowest BCUT2D eigenvalue weighted by molar-refractivity contribution is 0.0699. The van der Waals surface area contributed by atoms with Crippen molar-refractivity contribution in [3.05, 3.63) is 34.7 Å². The molecule has 0 atom stereocenters. The number of hydrogen-bond donors (Lipinski definition) is 1. The number of fused-ring (bicyclic) bond motifs is 1. The fourth-order valence-electron chi connectivity index (χ4n) is 2.81. The monoisotopic (exact) mass is 275 g/mol. The molecule has 0 amide bonds. The molecule has 1 aliphatic heterocycles. The van der Waals surface area contributed by atoms with E-state index in [1.54, 1.807) is 17.4 Å². The van der Waals surface area contributed by atoms with E-state index in [-0.39, 0.29) is 0 Å². The summed E-state index contributed by atoms with van der Waals surface area (Å²) in [6.45, 7) is 3.14. The van der Waals surface area contributed by atoms with Gasteiger partial charge in [-0.25, -0.2) is 4.79 Å². The maximum absolute atomic E-state index is 11.3. The van der Waals surface area contributed by atoms with Crippen molar-refractivity contribution in [2.75, 3.05) is 13.1 Å². The molecule has 1 aromatic carbocycles. The molecule has 2 heterocycles. The highest BCUT2D eigenvalue weighted by atomic mass is 32.1. The van der Waals surface area contributed by atoms with Crippen LogP contribution in [0, 0.1) is 0 Å². The molecule has 0 aliphatic carbocycles. The average Bonchev–Trinajstić information content (AvgIpc) is 2.83. The number of thiophene rings is 1. The maximum atomic E-state index is 11.3. The fourth-order valence-corrected chi connectivity index (χ4v) is 3.78. The van der Waals surface area contributed by atoms with Gasteiger partial charge in [0.1, 0.15) is 0 Å². The van der Waals surface area contributed by atoms with E-state index in [4.69, 9.17) is 0 Å². The molecule has 0 saturated carbocycles. The minimum atomic E-state index is -0.830. The number of aromatic carboxylic acids is 1. The van der Waals surface area contributed by atoms with Crippen LogP contribution < -0.4 is 0 Å². The van der Waals surface area contributed by atoms with Gasteiger partial charge in [-0.2, -0.15) is 0 Å². The number of rotatable bonds is 3. The van der Waals surface area contributed by atoms with Crippen LogP contribution in [-0.2, 0) is 6.54 Å². The van der Waals surface area contributed by atoms with Crippen LogP contribution in [0.4, 0.5) is 0 Å². The average molecular weight is 275 g/mol. The SMILES string of the molecule is O=C(O)c1cccc2scc(CN3CCCCC3)c12. The van der Waals surface area contributed by atoms with E-state index in [0.29, 0.717) is 5.56 Å². The highest BCUT2D eigenvalue weighted by Gasteiger charge is 2.17. The highest BCUT2D eigenvalue weighted by Crippen LogP contribution is 2.30. The molecule has 3 rings (SSSR count). The number of hydrogen-bond acceptors (Lipinski definition) is 3. The van der Waals surface area contributed by atoms with E-state index < -0.39 is 5.97 Å². The first-order valence-electron chi connectivity index (χ1n) is 6.70. The minimum Gasteiger partial charge on any atom is -0.478 e. The summed E-state index contributed by atoms with van der Waals surface area (Å²) < 4.78 is 1.08. The van der Waals surface area contributed by atoms with Gasteiger partial charge >= 0.3 is 5.97 Å². The van der Waals surface area contributed by atoms with E-state index in [1.165, 1.54) is 24.8 Å². The number of likely N-dealkylation sites (tertiary alicyclic amines) is 1. The number of benzene rings is 1. The first kappa shape index (κ1) is 12.6. The van der Waals surface area contributed by atoms with E-state index in [2.05, 4.69) is 10.3 Å². The third-order valence-corrected chi connectivity index (χ3v) is 4.75. The van der Waals surface area contributed by atoms with Crippen molar-refractivity contribution >= 4 is 27.4 Å². The van der Waals surface area contributed by atoms with Crippen molar-refractivity contribution in [2.24, 2.45) is 0 Å². The highest BCUT2D eigenvalue weighted by molar-refractivity contribution is 7.17. The maximum Gasteiger partial charge on any atom is 0.336 e. The predicted octanol–water partition coefficient (Wildman–Crippen LogP) is 3.59. The van der Waals surface area contributed by atoms with E-state index in [0.717, 1.165) is 29.7 Å². The Hall–Kier alpha value is -1.39. The lowest BCUT2D eigenvalue weighted by Crippen LogP contribution is -2.29. The molecule has 3 nitrogen and oxygen atoms in total. The Kier molecular flexibility index (Phi) is 3.53. The Morgan fingerprint density at radius 1 is 1.26 bits per heavy atom. The van der Waals surface area contributed by atoms with Gasteiger partial charge in [0, 0.05) is 16.6 Å². The van der Waals surface area contributed by atoms with Crippen LogP contribution in [0.25, 0.3) is 10.1 Å². The predicted molar refractivity (Wildman–Crippen MR) is 77.9 cm³/mol. The molecule has 0 radical (unpaired) electrons. The quantitative estimate of drug-likeness (QED) is 0.930. The number of nitrogens with zero attached hydrogens (tertiary/aromatic N) is 1. The van der Waals surface area contributed by atoms with Crippen molar-refractivity contribution < 1.29 is 9.90 Å². The summed E-state index contributed by atoms with van der Waals surface area (Å²) in [6, 6.07) is 5.54. The van der Waals surface area contributed by atoms with Crippen LogP contribution in [0.3, 0.4) is 0 Å². The molecule has 1 saturated heterocycles. The lowest BCUT2D eigenvalue weighted by atomic mass is 10.0. The second kappa shape index (κ2) is 5.31. The third kappa shape index (κ3) is 2.51. The number of carboxylic acids is 1. The zero-order chi connectivity index (χ0) is 13.2. The molecular formula is C15H17NO2S. The second-order valence-corrected chi connectivity index (χ2v) is 5.99. The van der Waals surface area contributed by atoms with Gasteiger partial charge in [-0.15, -0.1) is 11.3 Å². The van der Waals surface area contributed by atoms with Gasteiger partial charge in [0.25, 0.3) is 0 Å². The normalized spacial score (nSPS) is 16.8. The molecule has 0 unspecified atom stereocenters. The van der Waals surface area contributed by atoms with Gasteiger partial charge in [-0.1, -0.05) is 12.5 Å². The van der Waals surface area contributed by atoms with Crippen LogP contribution >= 0.6 is 11.3 Å². The molecule has 1 N–H and O–H groups in total. The van der Waals surface area contributed by atoms with Gasteiger partial charge in [0.15, 0.2) is 0 Å². The molecule has 2 aromatic rings. The fraction of sp³-hybridized carbons (Fsp3) is 0.400. The Morgan fingerprint density at radius 3 is 2.79 bits per heavy atom. The van der Waals surface area contributed by atoms with Gasteiger partial charge < -0.3 is 5.11 Å². The summed E-state index contributed by atoms with van der Waals surface area (Å²) in [5.74, 6) is -0.830. The van der Waals surface area contributed by atoms with Gasteiger partial charge in [-0.3, -0.25) is 4.90 Å². The summed E-state index contributed by atoms with van der Waals surface area (Å²) in [5, 5.41) is 12.4. The van der Waals surface area contributed by atoms with Crippen LogP contribution in [0.5, 0.6) is 0 Å². The Labute approximate surface area is 116 Å². The molecule has 1 aromatic heterocycles. The second-order valence-electron chi connectivity index (χ2n) is 5.08. The largest absolute Gasteiger partial charge is 0.478 e. The van der Waals surface area contributed by atoms with Crippen LogP contribution in [0.15, 0.2) is 23.6 Å². The molecule has 1 fully saturated rings. The van der Waals surface area contributed by atoms with E-state index in [9.17, 15) is 9.90 Å². The zero-order valence-electron chi connectivity index (χ0n) is 10.8. The minimum absolute atomic E-state index is 0.436. The molecule has 100 valence electrons. The Bertz CT molecular complexity index is 599. The summed E-state index contributed by atoms with van der Waals surface area (Å²) in [4.78, 5) is 13.8. The summed E-state index contributed by atoms with van der Waals surface area (Å²) in [5.41, 5.74) is 1.60. The van der Waals surface area contributed by atoms with Crippen molar-refractivity contribution in [1.29, 1.82) is 0 Å². The lowest BCUT2D eigenvalue weighted by Gasteiger charge is -2.26. The Balaban J connectivity index is 1.96. The summed E-state index contributed by atoms with van der Waals surface area (Å²) >= 11 is 1.64. The van der Waals surface area contributed by atoms with Crippen molar-refractivity contribution in [3.8, 4) is 0 Å². The first-order chi connectivity index (χ1) is 9.25. The van der Waals surface area contributed by atoms with Crippen LogP contribution in [0.1, 0.15) is 35.2 Å². The van der Waals surface area contributed by atoms with Gasteiger partial charge in [-0.05, 0) is 49.0 Å². The zero-order valence-corrected chi connectivity index (χ0v) is 11.6. The van der Waals surface area contributed by atoms with E-state index >= 15 is 0 Å². The third-order valence-electron chi connectivity index (χ3n) is 3.75. The van der Waals surface area contributed by atoms with Gasteiger partial charge in [0.2, 0.25) is 0 Å². The molecule has 19 heavy (non-hydrogen) atoms. The van der Waals surface area contributed by atoms with Crippen molar-refractivity contribution in [1.82, 2.24) is 4.90 Å². The molecule has 0 spiro atoms. The van der Waals surface area contributed by atoms with E-state index in [1.807, 2.05) is 12.1 Å². The topological polar surface area (TPSA) is 40.5 Å².